The topological polar surface area (TPSA) is 45.2 Å². The highest BCUT2D eigenvalue weighted by Gasteiger charge is 2.40. The van der Waals surface area contributed by atoms with E-state index in [1.807, 2.05) is 18.2 Å². The van der Waals surface area contributed by atoms with Gasteiger partial charge in [0, 0.05) is 22.4 Å². The Morgan fingerprint density at radius 1 is 1.36 bits per heavy atom. The molecule has 4 rings (SSSR count). The van der Waals surface area contributed by atoms with Crippen LogP contribution < -0.4 is 5.32 Å². The molecule has 3 heterocycles. The van der Waals surface area contributed by atoms with Crippen molar-refractivity contribution in [2.45, 2.75) is 37.8 Å². The molecule has 2 saturated heterocycles. The van der Waals surface area contributed by atoms with Gasteiger partial charge in [-0.15, -0.1) is 0 Å². The normalized spacial score (nSPS) is 25.3. The van der Waals surface area contributed by atoms with Gasteiger partial charge in [0.2, 0.25) is 0 Å². The van der Waals surface area contributed by atoms with Crippen LogP contribution >= 0.6 is 27.5 Å². The Kier molecular flexibility index (Phi) is 3.92. The van der Waals surface area contributed by atoms with E-state index < -0.39 is 0 Å². The van der Waals surface area contributed by atoms with E-state index >= 15 is 0 Å². The van der Waals surface area contributed by atoms with Crippen molar-refractivity contribution >= 4 is 43.5 Å². The first-order valence-corrected chi connectivity index (χ1v) is 9.39. The lowest BCUT2D eigenvalue weighted by Gasteiger charge is -2.47. The summed E-state index contributed by atoms with van der Waals surface area (Å²) in [5.41, 5.74) is 0.563. The second kappa shape index (κ2) is 5.91. The van der Waals surface area contributed by atoms with Crippen molar-refractivity contribution in [3.05, 3.63) is 28.4 Å². The van der Waals surface area contributed by atoms with Gasteiger partial charge in [0.25, 0.3) is 5.91 Å². The van der Waals surface area contributed by atoms with E-state index in [1.54, 1.807) is 0 Å². The molecule has 0 saturated carbocycles. The highest BCUT2D eigenvalue weighted by Crippen LogP contribution is 2.29. The van der Waals surface area contributed by atoms with Crippen LogP contribution in [-0.4, -0.2) is 40.4 Å². The standard InChI is InChI=1S/C16H18BrN3OS/c17-10-5-6-14-11(8-10)15(19-22-14)16(21)18-12-9-20-7-3-1-2-4-13(12)20/h5-6,8,12-13H,1-4,7,9H2,(H,18,21)/t12-,13?/m0/s1. The maximum absolute atomic E-state index is 12.6. The number of nitrogens with one attached hydrogen (secondary N) is 1. The Labute approximate surface area is 142 Å². The highest BCUT2D eigenvalue weighted by atomic mass is 79.9. The fourth-order valence-electron chi connectivity index (χ4n) is 3.57. The minimum atomic E-state index is -0.0294. The van der Waals surface area contributed by atoms with Gasteiger partial charge in [-0.2, -0.15) is 4.37 Å². The molecule has 2 fully saturated rings. The van der Waals surface area contributed by atoms with Crippen molar-refractivity contribution in [1.29, 1.82) is 0 Å². The third-order valence-corrected chi connectivity index (χ3v) is 6.09. The molecule has 1 aromatic carbocycles. The zero-order valence-corrected chi connectivity index (χ0v) is 14.6. The first-order valence-electron chi connectivity index (χ1n) is 7.82. The van der Waals surface area contributed by atoms with Gasteiger partial charge in [0.05, 0.1) is 10.7 Å². The van der Waals surface area contributed by atoms with Gasteiger partial charge in [0.1, 0.15) is 5.69 Å². The molecule has 1 unspecified atom stereocenters. The fraction of sp³-hybridized carbons (Fsp3) is 0.500. The number of carbonyl (C=O) groups is 1. The molecule has 0 bridgehead atoms. The van der Waals surface area contributed by atoms with Crippen LogP contribution in [0.4, 0.5) is 0 Å². The quantitative estimate of drug-likeness (QED) is 0.869. The van der Waals surface area contributed by atoms with Gasteiger partial charge < -0.3 is 5.32 Å². The van der Waals surface area contributed by atoms with Gasteiger partial charge in [-0.25, -0.2) is 0 Å². The Bertz CT molecular complexity index is 716. The van der Waals surface area contributed by atoms with E-state index in [0.29, 0.717) is 11.7 Å². The first-order chi connectivity index (χ1) is 10.7. The molecule has 2 atom stereocenters. The van der Waals surface area contributed by atoms with E-state index in [9.17, 15) is 4.79 Å². The Morgan fingerprint density at radius 2 is 2.27 bits per heavy atom. The molecule has 1 N–H and O–H groups in total. The summed E-state index contributed by atoms with van der Waals surface area (Å²) in [6, 6.07) is 6.78. The second-order valence-corrected chi connectivity index (χ2v) is 7.88. The van der Waals surface area contributed by atoms with Crippen molar-refractivity contribution in [3.8, 4) is 0 Å². The fourth-order valence-corrected chi connectivity index (χ4v) is 4.68. The lowest BCUT2D eigenvalue weighted by atomic mass is 9.93. The molecule has 1 aromatic heterocycles. The number of carbonyl (C=O) groups excluding carboxylic acids is 1. The summed E-state index contributed by atoms with van der Waals surface area (Å²) < 4.78 is 6.40. The van der Waals surface area contributed by atoms with Crippen LogP contribution in [0.5, 0.6) is 0 Å². The molecule has 2 aliphatic heterocycles. The number of hydrogen-bond donors (Lipinski definition) is 1. The SMILES string of the molecule is O=C(N[C@H]1CN2CCCCCC12)c1nsc2ccc(Br)cc12. The highest BCUT2D eigenvalue weighted by molar-refractivity contribution is 9.10. The van der Waals surface area contributed by atoms with Crippen LogP contribution in [0.15, 0.2) is 22.7 Å². The average molecular weight is 380 g/mol. The lowest BCUT2D eigenvalue weighted by molar-refractivity contribution is 0.0410. The maximum atomic E-state index is 12.6. The summed E-state index contributed by atoms with van der Waals surface area (Å²) in [7, 11) is 0. The van der Waals surface area contributed by atoms with Crippen LogP contribution in [0, 0.1) is 0 Å². The predicted molar refractivity (Wildman–Crippen MR) is 92.4 cm³/mol. The molecule has 2 aromatic rings. The summed E-state index contributed by atoms with van der Waals surface area (Å²) in [5, 5.41) is 4.14. The molecule has 2 aliphatic rings. The molecule has 1 amide bonds. The monoisotopic (exact) mass is 379 g/mol. The average Bonchev–Trinajstić information content (AvgIpc) is 2.81. The number of nitrogens with zero attached hydrogens (tertiary/aromatic N) is 2. The van der Waals surface area contributed by atoms with Crippen molar-refractivity contribution in [1.82, 2.24) is 14.6 Å². The predicted octanol–water partition coefficient (Wildman–Crippen LogP) is 3.42. The van der Waals surface area contributed by atoms with E-state index in [-0.39, 0.29) is 11.9 Å². The van der Waals surface area contributed by atoms with E-state index in [0.717, 1.165) is 21.1 Å². The van der Waals surface area contributed by atoms with Crippen molar-refractivity contribution in [3.63, 3.8) is 0 Å². The number of rotatable bonds is 2. The summed E-state index contributed by atoms with van der Waals surface area (Å²) in [4.78, 5) is 15.1. The molecule has 116 valence electrons. The lowest BCUT2D eigenvalue weighted by Crippen LogP contribution is -2.66. The summed E-state index contributed by atoms with van der Waals surface area (Å²) in [6.45, 7) is 2.17. The molecule has 22 heavy (non-hydrogen) atoms. The van der Waals surface area contributed by atoms with E-state index in [1.165, 1.54) is 43.8 Å². The second-order valence-electron chi connectivity index (χ2n) is 6.16. The summed E-state index contributed by atoms with van der Waals surface area (Å²) in [5.74, 6) is -0.0294. The van der Waals surface area contributed by atoms with Crippen LogP contribution in [0.3, 0.4) is 0 Å². The number of aromatic nitrogens is 1. The molecule has 4 nitrogen and oxygen atoms in total. The molecule has 0 spiro atoms. The maximum Gasteiger partial charge on any atom is 0.271 e. The number of halogens is 1. The Morgan fingerprint density at radius 3 is 3.18 bits per heavy atom. The van der Waals surface area contributed by atoms with Crippen LogP contribution in [-0.2, 0) is 0 Å². The van der Waals surface area contributed by atoms with Gasteiger partial charge in [-0.1, -0.05) is 28.8 Å². The number of fused-ring (bicyclic) bond motifs is 2. The minimum absolute atomic E-state index is 0.0294. The number of hydrogen-bond acceptors (Lipinski definition) is 4. The zero-order valence-electron chi connectivity index (χ0n) is 12.2. The third-order valence-electron chi connectivity index (χ3n) is 4.77. The zero-order chi connectivity index (χ0) is 15.1. The number of amides is 1. The summed E-state index contributed by atoms with van der Waals surface area (Å²) >= 11 is 4.86. The van der Waals surface area contributed by atoms with Gasteiger partial charge >= 0.3 is 0 Å². The van der Waals surface area contributed by atoms with Crippen LogP contribution in [0.2, 0.25) is 0 Å². The molecule has 0 aliphatic carbocycles. The Balaban J connectivity index is 1.51. The largest absolute Gasteiger partial charge is 0.345 e. The molecular formula is C16H18BrN3OS. The molecule has 0 radical (unpaired) electrons. The molecule has 6 heteroatoms. The minimum Gasteiger partial charge on any atom is -0.345 e. The first kappa shape index (κ1) is 14.6. The third kappa shape index (κ3) is 2.57. The van der Waals surface area contributed by atoms with Crippen LogP contribution in [0.1, 0.15) is 36.2 Å². The number of benzene rings is 1. The van der Waals surface area contributed by atoms with E-state index in [2.05, 4.69) is 30.5 Å². The van der Waals surface area contributed by atoms with Crippen LogP contribution in [0.25, 0.3) is 10.1 Å². The van der Waals surface area contributed by atoms with Gasteiger partial charge in [-0.3, -0.25) is 9.69 Å². The van der Waals surface area contributed by atoms with Crippen molar-refractivity contribution < 1.29 is 4.79 Å². The van der Waals surface area contributed by atoms with Gasteiger partial charge in [-0.05, 0) is 49.1 Å². The van der Waals surface area contributed by atoms with E-state index in [4.69, 9.17) is 0 Å². The molecular weight excluding hydrogens is 362 g/mol. The Hall–Kier alpha value is -0.980. The van der Waals surface area contributed by atoms with Gasteiger partial charge in [0.15, 0.2) is 0 Å². The smallest absolute Gasteiger partial charge is 0.271 e. The van der Waals surface area contributed by atoms with Crippen molar-refractivity contribution in [2.24, 2.45) is 0 Å². The van der Waals surface area contributed by atoms with Crippen molar-refractivity contribution in [2.75, 3.05) is 13.1 Å². The summed E-state index contributed by atoms with van der Waals surface area (Å²) in [6.07, 6.45) is 5.09.